The normalized spacial score (nSPS) is 25.7. The van der Waals surface area contributed by atoms with E-state index in [4.69, 9.17) is 5.11 Å². The van der Waals surface area contributed by atoms with E-state index in [9.17, 15) is 9.59 Å². The number of carbonyl (C=O) groups is 2. The van der Waals surface area contributed by atoms with E-state index < -0.39 is 12.0 Å². The van der Waals surface area contributed by atoms with Gasteiger partial charge in [-0.2, -0.15) is 11.8 Å². The fourth-order valence-electron chi connectivity index (χ4n) is 2.20. The molecule has 96 valence electrons. The van der Waals surface area contributed by atoms with Crippen molar-refractivity contribution >= 4 is 23.8 Å². The molecule has 1 aliphatic heterocycles. The first-order valence-corrected chi connectivity index (χ1v) is 7.13. The van der Waals surface area contributed by atoms with E-state index in [1.807, 2.05) is 0 Å². The molecule has 0 aromatic carbocycles. The zero-order valence-corrected chi connectivity index (χ0v) is 10.8. The maximum atomic E-state index is 11.9. The Bertz CT molecular complexity index is 331. The summed E-state index contributed by atoms with van der Waals surface area (Å²) in [6.07, 6.45) is 5.66. The summed E-state index contributed by atoms with van der Waals surface area (Å²) in [5.41, 5.74) is 0. The SMILES string of the molecule is CSC1(CNC(=O)N2CCC[C@@H]2C(=O)O)CC1. The van der Waals surface area contributed by atoms with E-state index in [2.05, 4.69) is 11.6 Å². The van der Waals surface area contributed by atoms with Gasteiger partial charge in [-0.05, 0) is 31.9 Å². The van der Waals surface area contributed by atoms with Gasteiger partial charge in [0.1, 0.15) is 6.04 Å². The lowest BCUT2D eigenvalue weighted by atomic mass is 10.2. The zero-order valence-electron chi connectivity index (χ0n) is 9.94. The Morgan fingerprint density at radius 1 is 1.53 bits per heavy atom. The molecule has 1 saturated carbocycles. The number of nitrogens with one attached hydrogen (secondary N) is 1. The molecular formula is C11H18N2O3S. The summed E-state index contributed by atoms with van der Waals surface area (Å²) in [6, 6.07) is -0.866. The molecule has 1 atom stereocenters. The number of thioether (sulfide) groups is 1. The van der Waals surface area contributed by atoms with Gasteiger partial charge in [-0.1, -0.05) is 0 Å². The average Bonchev–Trinajstić information content (AvgIpc) is 2.91. The largest absolute Gasteiger partial charge is 0.480 e. The van der Waals surface area contributed by atoms with Crippen LogP contribution in [-0.2, 0) is 4.79 Å². The molecule has 2 N–H and O–H groups in total. The number of rotatable bonds is 4. The van der Waals surface area contributed by atoms with Gasteiger partial charge in [-0.3, -0.25) is 0 Å². The van der Waals surface area contributed by atoms with Crippen molar-refractivity contribution in [2.24, 2.45) is 0 Å². The molecule has 1 heterocycles. The minimum Gasteiger partial charge on any atom is -0.480 e. The molecule has 0 aromatic heterocycles. The number of likely N-dealkylation sites (tertiary alicyclic amines) is 1. The standard InChI is InChI=1S/C11H18N2O3S/c1-17-11(4-5-11)7-12-10(16)13-6-2-3-8(13)9(14)15/h8H,2-7H2,1H3,(H,12,16)(H,14,15)/t8-/m1/s1. The second-order valence-corrected chi connectivity index (χ2v) is 6.01. The van der Waals surface area contributed by atoms with Crippen molar-refractivity contribution in [3.63, 3.8) is 0 Å². The molecule has 0 bridgehead atoms. The lowest BCUT2D eigenvalue weighted by Gasteiger charge is -2.23. The molecule has 0 unspecified atom stereocenters. The lowest BCUT2D eigenvalue weighted by molar-refractivity contribution is -0.141. The molecule has 0 radical (unpaired) electrons. The van der Waals surface area contributed by atoms with E-state index >= 15 is 0 Å². The van der Waals surface area contributed by atoms with Crippen molar-refractivity contribution in [2.45, 2.75) is 36.5 Å². The number of hydrogen-bond acceptors (Lipinski definition) is 3. The fourth-order valence-corrected chi connectivity index (χ4v) is 2.92. The highest BCUT2D eigenvalue weighted by molar-refractivity contribution is 8.00. The zero-order chi connectivity index (χ0) is 12.5. The first-order chi connectivity index (χ1) is 8.08. The summed E-state index contributed by atoms with van der Waals surface area (Å²) in [5, 5.41) is 11.9. The molecule has 6 heteroatoms. The third-order valence-electron chi connectivity index (χ3n) is 3.60. The number of carbonyl (C=O) groups excluding carboxylic acids is 1. The predicted octanol–water partition coefficient (Wildman–Crippen LogP) is 1.14. The highest BCUT2D eigenvalue weighted by Crippen LogP contribution is 2.46. The van der Waals surface area contributed by atoms with Crippen molar-refractivity contribution in [2.75, 3.05) is 19.3 Å². The van der Waals surface area contributed by atoms with Crippen LogP contribution in [0.1, 0.15) is 25.7 Å². The number of hydrogen-bond donors (Lipinski definition) is 2. The third kappa shape index (κ3) is 2.68. The summed E-state index contributed by atoms with van der Waals surface area (Å²) >= 11 is 1.78. The number of amides is 2. The quantitative estimate of drug-likeness (QED) is 0.793. The Morgan fingerprint density at radius 3 is 2.76 bits per heavy atom. The van der Waals surface area contributed by atoms with Crippen LogP contribution < -0.4 is 5.32 Å². The number of nitrogens with zero attached hydrogens (tertiary/aromatic N) is 1. The second kappa shape index (κ2) is 4.76. The Hall–Kier alpha value is -0.910. The Balaban J connectivity index is 1.85. The van der Waals surface area contributed by atoms with Crippen LogP contribution in [0.25, 0.3) is 0 Å². The second-order valence-electron chi connectivity index (χ2n) is 4.74. The van der Waals surface area contributed by atoms with Crippen LogP contribution in [-0.4, -0.2) is 52.1 Å². The molecule has 2 aliphatic rings. The summed E-state index contributed by atoms with van der Waals surface area (Å²) in [4.78, 5) is 24.3. The van der Waals surface area contributed by atoms with Crippen LogP contribution >= 0.6 is 11.8 Å². The van der Waals surface area contributed by atoms with Gasteiger partial charge in [0.25, 0.3) is 0 Å². The molecule has 1 saturated heterocycles. The lowest BCUT2D eigenvalue weighted by Crippen LogP contribution is -2.47. The smallest absolute Gasteiger partial charge is 0.326 e. The fraction of sp³-hybridized carbons (Fsp3) is 0.818. The maximum absolute atomic E-state index is 11.9. The molecular weight excluding hydrogens is 240 g/mol. The van der Waals surface area contributed by atoms with Gasteiger partial charge < -0.3 is 15.3 Å². The van der Waals surface area contributed by atoms with E-state index in [0.717, 1.165) is 19.3 Å². The molecule has 2 rings (SSSR count). The van der Waals surface area contributed by atoms with E-state index in [1.54, 1.807) is 11.8 Å². The van der Waals surface area contributed by atoms with Gasteiger partial charge in [0.2, 0.25) is 0 Å². The van der Waals surface area contributed by atoms with Crippen LogP contribution in [0.2, 0.25) is 0 Å². The van der Waals surface area contributed by atoms with Crippen molar-refractivity contribution in [1.29, 1.82) is 0 Å². The van der Waals surface area contributed by atoms with Crippen LogP contribution in [0.3, 0.4) is 0 Å². The van der Waals surface area contributed by atoms with Gasteiger partial charge >= 0.3 is 12.0 Å². The summed E-state index contributed by atoms with van der Waals surface area (Å²) < 4.78 is 0.216. The van der Waals surface area contributed by atoms with Crippen LogP contribution in [0, 0.1) is 0 Å². The Labute approximate surface area is 105 Å². The molecule has 1 aliphatic carbocycles. The molecule has 0 spiro atoms. The predicted molar refractivity (Wildman–Crippen MR) is 66.2 cm³/mol. The number of urea groups is 1. The summed E-state index contributed by atoms with van der Waals surface area (Å²) in [6.45, 7) is 1.20. The minimum atomic E-state index is -0.899. The summed E-state index contributed by atoms with van der Waals surface area (Å²) in [5.74, 6) is -0.899. The first kappa shape index (κ1) is 12.5. The molecule has 5 nitrogen and oxygen atoms in total. The average molecular weight is 258 g/mol. The molecule has 2 amide bonds. The minimum absolute atomic E-state index is 0.216. The Kier molecular flexibility index (Phi) is 3.51. The highest BCUT2D eigenvalue weighted by Gasteiger charge is 2.43. The van der Waals surface area contributed by atoms with Crippen molar-refractivity contribution in [1.82, 2.24) is 10.2 Å². The van der Waals surface area contributed by atoms with Gasteiger partial charge in [0.15, 0.2) is 0 Å². The van der Waals surface area contributed by atoms with Crippen LogP contribution in [0.4, 0.5) is 4.79 Å². The molecule has 2 fully saturated rings. The van der Waals surface area contributed by atoms with Crippen molar-refractivity contribution in [3.05, 3.63) is 0 Å². The number of carboxylic acid groups (broad SMARTS) is 1. The monoisotopic (exact) mass is 258 g/mol. The molecule has 0 aromatic rings. The van der Waals surface area contributed by atoms with Crippen LogP contribution in [0.15, 0.2) is 0 Å². The van der Waals surface area contributed by atoms with Gasteiger partial charge in [-0.15, -0.1) is 0 Å². The molecule has 17 heavy (non-hydrogen) atoms. The topological polar surface area (TPSA) is 69.6 Å². The Morgan fingerprint density at radius 2 is 2.24 bits per heavy atom. The number of aliphatic carboxylic acids is 1. The van der Waals surface area contributed by atoms with E-state index in [1.165, 1.54) is 4.90 Å². The van der Waals surface area contributed by atoms with Crippen molar-refractivity contribution in [3.8, 4) is 0 Å². The first-order valence-electron chi connectivity index (χ1n) is 5.90. The van der Waals surface area contributed by atoms with Crippen molar-refractivity contribution < 1.29 is 14.7 Å². The highest BCUT2D eigenvalue weighted by atomic mass is 32.2. The maximum Gasteiger partial charge on any atom is 0.326 e. The number of carboxylic acids is 1. The van der Waals surface area contributed by atoms with E-state index in [-0.39, 0.29) is 10.8 Å². The van der Waals surface area contributed by atoms with Gasteiger partial charge in [0.05, 0.1) is 0 Å². The van der Waals surface area contributed by atoms with Gasteiger partial charge in [0, 0.05) is 17.8 Å². The summed E-state index contributed by atoms with van der Waals surface area (Å²) in [7, 11) is 0. The third-order valence-corrected chi connectivity index (χ3v) is 5.02. The van der Waals surface area contributed by atoms with Gasteiger partial charge in [-0.25, -0.2) is 9.59 Å². The van der Waals surface area contributed by atoms with E-state index in [0.29, 0.717) is 19.5 Å². The van der Waals surface area contributed by atoms with Crippen LogP contribution in [0.5, 0.6) is 0 Å².